The van der Waals surface area contributed by atoms with E-state index in [4.69, 9.17) is 0 Å². The predicted molar refractivity (Wildman–Crippen MR) is 97.7 cm³/mol. The highest BCUT2D eigenvalue weighted by molar-refractivity contribution is 9.09. The van der Waals surface area contributed by atoms with Crippen LogP contribution in [0.2, 0.25) is 0 Å². The molecule has 0 amide bonds. The summed E-state index contributed by atoms with van der Waals surface area (Å²) in [5.41, 5.74) is 0. The monoisotopic (exact) mass is 346 g/mol. The summed E-state index contributed by atoms with van der Waals surface area (Å²) in [5.74, 6) is 3.60. The Kier molecular flexibility index (Phi) is 13.5. The minimum Gasteiger partial charge on any atom is -0.0925 e. The smallest absolute Gasteiger partial charge is 0.00570 e. The fourth-order valence-corrected chi connectivity index (χ4v) is 3.19. The first-order valence-corrected chi connectivity index (χ1v) is 10.1. The first-order valence-electron chi connectivity index (χ1n) is 9.01. The Balaban J connectivity index is 3.43. The molecule has 20 heavy (non-hydrogen) atoms. The van der Waals surface area contributed by atoms with Crippen LogP contribution in [0.3, 0.4) is 0 Å². The lowest BCUT2D eigenvalue weighted by Crippen LogP contribution is -2.01. The lowest BCUT2D eigenvalue weighted by Gasteiger charge is -2.15. The molecule has 0 fully saturated rings. The average molecular weight is 347 g/mol. The molecule has 0 rings (SSSR count). The minimum atomic E-state index is 0.850. The van der Waals surface area contributed by atoms with E-state index in [1.165, 1.54) is 57.8 Å². The van der Waals surface area contributed by atoms with Gasteiger partial charge in [-0.25, -0.2) is 0 Å². The second-order valence-corrected chi connectivity index (χ2v) is 8.30. The normalized spacial score (nSPS) is 16.4. The third-order valence-corrected chi connectivity index (χ3v) is 5.63. The molecular formula is C19H39Br. The topological polar surface area (TPSA) is 0 Å². The van der Waals surface area contributed by atoms with Gasteiger partial charge in [0, 0.05) is 5.33 Å². The molecule has 0 saturated carbocycles. The maximum absolute atomic E-state index is 3.57. The highest BCUT2D eigenvalue weighted by Gasteiger charge is 2.07. The Hall–Kier alpha value is 0.480. The van der Waals surface area contributed by atoms with Gasteiger partial charge in [0.05, 0.1) is 0 Å². The van der Waals surface area contributed by atoms with Crippen LogP contribution >= 0.6 is 15.9 Å². The van der Waals surface area contributed by atoms with Crippen molar-refractivity contribution in [1.29, 1.82) is 0 Å². The van der Waals surface area contributed by atoms with E-state index in [0.29, 0.717) is 0 Å². The zero-order valence-corrected chi connectivity index (χ0v) is 16.3. The summed E-state index contributed by atoms with van der Waals surface area (Å²) in [6.45, 7) is 11.9. The molecular weight excluding hydrogens is 308 g/mol. The number of hydrogen-bond donors (Lipinski definition) is 0. The van der Waals surface area contributed by atoms with Crippen LogP contribution in [-0.4, -0.2) is 5.33 Å². The highest BCUT2D eigenvalue weighted by Crippen LogP contribution is 2.22. The van der Waals surface area contributed by atoms with Crippen LogP contribution in [0.25, 0.3) is 0 Å². The third kappa shape index (κ3) is 13.5. The number of halogens is 1. The van der Waals surface area contributed by atoms with Gasteiger partial charge < -0.3 is 0 Å². The van der Waals surface area contributed by atoms with Crippen molar-refractivity contribution in [2.75, 3.05) is 5.33 Å². The Morgan fingerprint density at radius 3 is 1.25 bits per heavy atom. The summed E-state index contributed by atoms with van der Waals surface area (Å²) < 4.78 is 0. The molecule has 3 unspecified atom stereocenters. The third-order valence-electron chi connectivity index (χ3n) is 4.53. The quantitative estimate of drug-likeness (QED) is 0.303. The van der Waals surface area contributed by atoms with E-state index in [9.17, 15) is 0 Å². The molecule has 0 spiro atoms. The van der Waals surface area contributed by atoms with Crippen LogP contribution in [0.5, 0.6) is 0 Å². The molecule has 0 aromatic carbocycles. The number of hydrogen-bond acceptors (Lipinski definition) is 0. The molecule has 122 valence electrons. The number of alkyl halides is 1. The lowest BCUT2D eigenvalue weighted by molar-refractivity contribution is 0.381. The summed E-state index contributed by atoms with van der Waals surface area (Å²) in [5, 5.41) is 1.16. The van der Waals surface area contributed by atoms with E-state index in [2.05, 4.69) is 50.5 Å². The standard InChI is InChI=1S/C19H39Br/c1-16(2)9-6-10-17(3)11-7-12-18(4)13-8-14-19(5)15-20/h16-19H,6-15H2,1-5H3. The zero-order valence-electron chi connectivity index (χ0n) is 14.8. The summed E-state index contributed by atoms with van der Waals surface area (Å²) in [6.07, 6.45) is 12.8. The average Bonchev–Trinajstić information content (AvgIpc) is 2.38. The van der Waals surface area contributed by atoms with Crippen LogP contribution < -0.4 is 0 Å². The minimum absolute atomic E-state index is 0.850. The van der Waals surface area contributed by atoms with E-state index in [1.54, 1.807) is 0 Å². The van der Waals surface area contributed by atoms with Crippen LogP contribution in [0.4, 0.5) is 0 Å². The van der Waals surface area contributed by atoms with Gasteiger partial charge in [0.15, 0.2) is 0 Å². The first kappa shape index (κ1) is 20.5. The van der Waals surface area contributed by atoms with Crippen molar-refractivity contribution in [1.82, 2.24) is 0 Å². The first-order chi connectivity index (χ1) is 9.45. The maximum atomic E-state index is 3.57. The molecule has 0 aromatic heterocycles. The van der Waals surface area contributed by atoms with Crippen LogP contribution in [0, 0.1) is 23.7 Å². The molecule has 0 saturated heterocycles. The lowest BCUT2D eigenvalue weighted by atomic mass is 9.91. The maximum Gasteiger partial charge on any atom is 0.00570 e. The molecule has 1 heteroatoms. The van der Waals surface area contributed by atoms with Crippen molar-refractivity contribution in [3.05, 3.63) is 0 Å². The van der Waals surface area contributed by atoms with Gasteiger partial charge in [-0.2, -0.15) is 0 Å². The molecule has 0 heterocycles. The van der Waals surface area contributed by atoms with E-state index >= 15 is 0 Å². The Morgan fingerprint density at radius 2 is 0.900 bits per heavy atom. The van der Waals surface area contributed by atoms with Gasteiger partial charge in [-0.3, -0.25) is 0 Å². The van der Waals surface area contributed by atoms with Crippen molar-refractivity contribution in [3.8, 4) is 0 Å². The van der Waals surface area contributed by atoms with Gasteiger partial charge in [0.25, 0.3) is 0 Å². The molecule has 0 aliphatic carbocycles. The second-order valence-electron chi connectivity index (χ2n) is 7.66. The molecule has 0 nitrogen and oxygen atoms in total. The zero-order chi connectivity index (χ0) is 15.4. The van der Waals surface area contributed by atoms with Gasteiger partial charge in [-0.05, 0) is 30.1 Å². The fraction of sp³-hybridized carbons (Fsp3) is 1.00. The van der Waals surface area contributed by atoms with Crippen molar-refractivity contribution >= 4 is 15.9 Å². The summed E-state index contributed by atoms with van der Waals surface area (Å²) in [6, 6.07) is 0. The molecule has 0 aliphatic heterocycles. The Labute approximate surface area is 137 Å². The molecule has 0 radical (unpaired) electrons. The van der Waals surface area contributed by atoms with Gasteiger partial charge >= 0.3 is 0 Å². The summed E-state index contributed by atoms with van der Waals surface area (Å²) in [7, 11) is 0. The SMILES string of the molecule is CC(C)CCCC(C)CCCC(C)CCCC(C)CBr. The van der Waals surface area contributed by atoms with Gasteiger partial charge in [0.2, 0.25) is 0 Å². The van der Waals surface area contributed by atoms with Crippen molar-refractivity contribution in [2.45, 2.75) is 92.4 Å². The Morgan fingerprint density at radius 1 is 0.550 bits per heavy atom. The summed E-state index contributed by atoms with van der Waals surface area (Å²) in [4.78, 5) is 0. The van der Waals surface area contributed by atoms with Gasteiger partial charge in [-0.1, -0.05) is 102 Å². The van der Waals surface area contributed by atoms with Gasteiger partial charge in [0.1, 0.15) is 0 Å². The Bertz CT molecular complexity index is 200. The van der Waals surface area contributed by atoms with Crippen LogP contribution in [0.1, 0.15) is 92.4 Å². The molecule has 0 N–H and O–H groups in total. The molecule has 0 bridgehead atoms. The van der Waals surface area contributed by atoms with Gasteiger partial charge in [-0.15, -0.1) is 0 Å². The predicted octanol–water partition coefficient (Wildman–Crippen LogP) is 7.46. The number of rotatable bonds is 13. The molecule has 0 aromatic rings. The fourth-order valence-electron chi connectivity index (χ4n) is 2.87. The second kappa shape index (κ2) is 13.2. The largest absolute Gasteiger partial charge is 0.0925 e. The van der Waals surface area contributed by atoms with E-state index in [1.807, 2.05) is 0 Å². The van der Waals surface area contributed by atoms with E-state index in [0.717, 1.165) is 29.0 Å². The highest BCUT2D eigenvalue weighted by atomic mass is 79.9. The van der Waals surface area contributed by atoms with Crippen molar-refractivity contribution < 1.29 is 0 Å². The van der Waals surface area contributed by atoms with E-state index < -0.39 is 0 Å². The van der Waals surface area contributed by atoms with Crippen molar-refractivity contribution in [3.63, 3.8) is 0 Å². The summed E-state index contributed by atoms with van der Waals surface area (Å²) >= 11 is 3.57. The van der Waals surface area contributed by atoms with Crippen LogP contribution in [0.15, 0.2) is 0 Å². The van der Waals surface area contributed by atoms with E-state index in [-0.39, 0.29) is 0 Å². The molecule has 0 aliphatic rings. The molecule has 3 atom stereocenters. The van der Waals surface area contributed by atoms with Crippen molar-refractivity contribution in [2.24, 2.45) is 23.7 Å². The van der Waals surface area contributed by atoms with Crippen LogP contribution in [-0.2, 0) is 0 Å².